The number of amides is 1. The van der Waals surface area contributed by atoms with E-state index in [9.17, 15) is 9.59 Å². The maximum absolute atomic E-state index is 13.6. The number of aromatic amines is 1. The van der Waals surface area contributed by atoms with Gasteiger partial charge in [-0.1, -0.05) is 40.2 Å². The van der Waals surface area contributed by atoms with E-state index in [0.717, 1.165) is 32.7 Å². The third-order valence-corrected chi connectivity index (χ3v) is 7.12. The summed E-state index contributed by atoms with van der Waals surface area (Å²) in [6.45, 7) is 0.473. The molecule has 5 heteroatoms. The highest BCUT2D eigenvalue weighted by molar-refractivity contribution is 9.10. The minimum absolute atomic E-state index is 0.0454. The zero-order valence-corrected chi connectivity index (χ0v) is 15.4. The fourth-order valence-electron chi connectivity index (χ4n) is 5.61. The Balaban J connectivity index is 1.81. The average Bonchev–Trinajstić information content (AvgIpc) is 3.24. The number of aromatic nitrogens is 1. The highest BCUT2D eigenvalue weighted by Gasteiger charge is 2.72. The van der Waals surface area contributed by atoms with Gasteiger partial charge < -0.3 is 10.3 Å². The molecule has 4 aliphatic rings. The molecule has 2 heterocycles. The highest BCUT2D eigenvalue weighted by Crippen LogP contribution is 2.61. The number of carbonyl (C=O) groups is 2. The number of H-pyrrole nitrogens is 1. The lowest BCUT2D eigenvalue weighted by atomic mass is 9.57. The molecule has 2 unspecified atom stereocenters. The molecular weight excluding hydrogens is 392 g/mol. The number of fused-ring (bicyclic) bond motifs is 4. The molecule has 1 aliphatic heterocycles. The lowest BCUT2D eigenvalue weighted by molar-refractivity contribution is -0.126. The number of benzene rings is 1. The van der Waals surface area contributed by atoms with E-state index in [4.69, 9.17) is 0 Å². The van der Waals surface area contributed by atoms with Crippen LogP contribution < -0.4 is 16.0 Å². The van der Waals surface area contributed by atoms with Crippen molar-refractivity contribution < 1.29 is 9.59 Å². The zero-order valence-electron chi connectivity index (χ0n) is 13.9. The van der Waals surface area contributed by atoms with Crippen LogP contribution in [0.4, 0.5) is 0 Å². The van der Waals surface area contributed by atoms with Gasteiger partial charge in [0.2, 0.25) is 5.91 Å². The summed E-state index contributed by atoms with van der Waals surface area (Å²) in [7, 11) is 0. The van der Waals surface area contributed by atoms with Gasteiger partial charge in [0.15, 0.2) is 5.78 Å². The summed E-state index contributed by atoms with van der Waals surface area (Å²) in [4.78, 5) is 30.2. The number of nitrogens with one attached hydrogen (secondary N) is 2. The van der Waals surface area contributed by atoms with Crippen molar-refractivity contribution in [1.82, 2.24) is 10.3 Å². The van der Waals surface area contributed by atoms with Crippen LogP contribution in [-0.4, -0.2) is 23.2 Å². The fraction of sp³-hybridized carbons (Fsp3) is 0.238. The van der Waals surface area contributed by atoms with Crippen molar-refractivity contribution in [2.45, 2.75) is 18.3 Å². The first-order valence-corrected chi connectivity index (χ1v) is 9.60. The highest BCUT2D eigenvalue weighted by atomic mass is 79.9. The molecule has 26 heavy (non-hydrogen) atoms. The first kappa shape index (κ1) is 14.7. The van der Waals surface area contributed by atoms with Gasteiger partial charge in [0, 0.05) is 27.3 Å². The second kappa shape index (κ2) is 4.46. The van der Waals surface area contributed by atoms with Crippen LogP contribution in [-0.2, 0) is 16.6 Å². The second-order valence-corrected chi connectivity index (χ2v) is 8.44. The summed E-state index contributed by atoms with van der Waals surface area (Å²) in [6, 6.07) is 5.88. The van der Waals surface area contributed by atoms with E-state index in [1.54, 1.807) is 0 Å². The van der Waals surface area contributed by atoms with Gasteiger partial charge in [0.05, 0.1) is 5.41 Å². The van der Waals surface area contributed by atoms with Gasteiger partial charge in [-0.15, -0.1) is 0 Å². The summed E-state index contributed by atoms with van der Waals surface area (Å²) in [5.41, 5.74) is 2.33. The molecule has 3 aliphatic carbocycles. The monoisotopic (exact) mass is 406 g/mol. The van der Waals surface area contributed by atoms with Gasteiger partial charge in [-0.05, 0) is 47.7 Å². The van der Waals surface area contributed by atoms with Gasteiger partial charge in [-0.3, -0.25) is 9.59 Å². The summed E-state index contributed by atoms with van der Waals surface area (Å²) >= 11 is 3.49. The van der Waals surface area contributed by atoms with Gasteiger partial charge in [0.1, 0.15) is 5.41 Å². The predicted molar refractivity (Wildman–Crippen MR) is 101 cm³/mol. The summed E-state index contributed by atoms with van der Waals surface area (Å²) < 4.78 is 0.867. The lowest BCUT2D eigenvalue weighted by Gasteiger charge is -2.39. The lowest BCUT2D eigenvalue weighted by Crippen LogP contribution is -2.52. The molecule has 4 nitrogen and oxygen atoms in total. The van der Waals surface area contributed by atoms with Crippen molar-refractivity contribution in [3.63, 3.8) is 0 Å². The number of ketones is 1. The molecule has 2 aromatic rings. The third kappa shape index (κ3) is 1.34. The van der Waals surface area contributed by atoms with Gasteiger partial charge in [-0.25, -0.2) is 0 Å². The molecule has 1 saturated heterocycles. The first-order valence-electron chi connectivity index (χ1n) is 8.81. The van der Waals surface area contributed by atoms with Gasteiger partial charge >= 0.3 is 0 Å². The molecule has 128 valence electrons. The predicted octanol–water partition coefficient (Wildman–Crippen LogP) is 1.45. The normalized spacial score (nSPS) is 29.7. The van der Waals surface area contributed by atoms with Crippen LogP contribution in [0, 0.1) is 5.41 Å². The molecule has 6 rings (SSSR count). The van der Waals surface area contributed by atoms with E-state index in [0.29, 0.717) is 18.5 Å². The Morgan fingerprint density at radius 3 is 2.88 bits per heavy atom. The Bertz CT molecular complexity index is 1210. The molecule has 2 N–H and O–H groups in total. The number of carbonyl (C=O) groups excluding carboxylic acids is 2. The maximum Gasteiger partial charge on any atom is 0.235 e. The minimum Gasteiger partial charge on any atom is -0.355 e. The largest absolute Gasteiger partial charge is 0.355 e. The molecular formula is C21H15BrN2O2. The minimum atomic E-state index is -1.06. The number of rotatable bonds is 0. The SMILES string of the molecule is O=C1NCC23c4ccc(Br)cc4C(=O)C12CC=c1[nH]c2c(c13)CC=CC=2. The Labute approximate surface area is 157 Å². The van der Waals surface area contributed by atoms with Crippen molar-refractivity contribution in [1.29, 1.82) is 0 Å². The van der Waals surface area contributed by atoms with Gasteiger partial charge in [-0.2, -0.15) is 0 Å². The number of halogens is 1. The molecule has 1 aromatic carbocycles. The molecule has 1 fully saturated rings. The van der Waals surface area contributed by atoms with Crippen molar-refractivity contribution in [2.75, 3.05) is 6.54 Å². The summed E-state index contributed by atoms with van der Waals surface area (Å²) in [5, 5.41) is 5.19. The van der Waals surface area contributed by atoms with Crippen molar-refractivity contribution in [3.8, 4) is 0 Å². The Morgan fingerprint density at radius 1 is 1.12 bits per heavy atom. The van der Waals surface area contributed by atoms with Crippen molar-refractivity contribution >= 4 is 39.8 Å². The van der Waals surface area contributed by atoms with Crippen LogP contribution in [0.25, 0.3) is 12.2 Å². The molecule has 0 radical (unpaired) electrons. The molecule has 1 aromatic heterocycles. The number of Topliss-reactive ketones (excluding diaryl/α,β-unsaturated/α-hetero) is 1. The molecule has 2 atom stereocenters. The Hall–Kier alpha value is -2.40. The van der Waals surface area contributed by atoms with E-state index in [1.165, 1.54) is 5.56 Å². The molecule has 0 bridgehead atoms. The zero-order chi connectivity index (χ0) is 17.7. The van der Waals surface area contributed by atoms with Crippen LogP contribution in [0.3, 0.4) is 0 Å². The first-order chi connectivity index (χ1) is 12.6. The average molecular weight is 407 g/mol. The Morgan fingerprint density at radius 2 is 2.00 bits per heavy atom. The molecule has 0 saturated carbocycles. The molecule has 1 amide bonds. The smallest absolute Gasteiger partial charge is 0.235 e. The summed E-state index contributed by atoms with van der Waals surface area (Å²) in [6.07, 6.45) is 9.56. The van der Waals surface area contributed by atoms with Crippen LogP contribution in [0.5, 0.6) is 0 Å². The van der Waals surface area contributed by atoms with Crippen LogP contribution in [0.15, 0.2) is 34.8 Å². The van der Waals surface area contributed by atoms with E-state index in [2.05, 4.69) is 44.5 Å². The molecule has 0 spiro atoms. The van der Waals surface area contributed by atoms with Crippen LogP contribution in [0.1, 0.15) is 33.5 Å². The Kier molecular flexibility index (Phi) is 2.53. The quantitative estimate of drug-likeness (QED) is 0.650. The van der Waals surface area contributed by atoms with E-state index >= 15 is 0 Å². The number of allylic oxidation sites excluding steroid dienone is 2. The van der Waals surface area contributed by atoms with Crippen LogP contribution >= 0.6 is 15.9 Å². The van der Waals surface area contributed by atoms with Crippen LogP contribution in [0.2, 0.25) is 0 Å². The third-order valence-electron chi connectivity index (χ3n) is 6.63. The van der Waals surface area contributed by atoms with Crippen molar-refractivity contribution in [2.24, 2.45) is 5.41 Å². The fourth-order valence-corrected chi connectivity index (χ4v) is 5.97. The van der Waals surface area contributed by atoms with E-state index in [-0.39, 0.29) is 11.7 Å². The second-order valence-electron chi connectivity index (χ2n) is 7.53. The topological polar surface area (TPSA) is 62.0 Å². The van der Waals surface area contributed by atoms with E-state index in [1.807, 2.05) is 24.3 Å². The summed E-state index contributed by atoms with van der Waals surface area (Å²) in [5.74, 6) is -0.182. The maximum atomic E-state index is 13.6. The van der Waals surface area contributed by atoms with Gasteiger partial charge in [0.25, 0.3) is 0 Å². The van der Waals surface area contributed by atoms with Crippen molar-refractivity contribution in [3.05, 3.63) is 67.8 Å². The van der Waals surface area contributed by atoms with E-state index < -0.39 is 10.8 Å². The number of hydrogen-bond acceptors (Lipinski definition) is 2. The standard InChI is InChI=1S/C21H15BrN2O2/c22-11-5-6-14-13(9-11)18(25)20-8-7-16-17(21(14,20)10-23-19(20)26)12-3-1-2-4-15(12)24-16/h1-2,4-7,9,24H,3,8,10H2,(H,23,26). The number of hydrogen-bond donors (Lipinski definition) is 2.